The van der Waals surface area contributed by atoms with E-state index in [1.165, 1.54) is 0 Å². The largest absolute Gasteiger partial charge is 0.351 e. The molecule has 1 aliphatic rings. The molecule has 1 heterocycles. The summed E-state index contributed by atoms with van der Waals surface area (Å²) < 4.78 is 0. The standard InChI is InChI=1S/C15H20N2O2/c1-11(12-6-4-3-5-7-12)15(19)16-13-8-9-14(18)17(2)10-13/h3-7,11,13H,8-10H2,1-2H3,(H,16,19)/t11-,13+/m0/s1. The summed E-state index contributed by atoms with van der Waals surface area (Å²) in [5.41, 5.74) is 1.01. The van der Waals surface area contributed by atoms with Gasteiger partial charge in [0.2, 0.25) is 11.8 Å². The number of amides is 2. The fraction of sp³-hybridized carbons (Fsp3) is 0.467. The number of nitrogens with zero attached hydrogens (tertiary/aromatic N) is 1. The first-order valence-corrected chi connectivity index (χ1v) is 6.67. The highest BCUT2D eigenvalue weighted by Gasteiger charge is 2.25. The molecule has 2 rings (SSSR count). The molecule has 0 spiro atoms. The fourth-order valence-corrected chi connectivity index (χ4v) is 2.35. The van der Waals surface area contributed by atoms with Crippen molar-refractivity contribution in [1.82, 2.24) is 10.2 Å². The number of carbonyl (C=O) groups is 2. The van der Waals surface area contributed by atoms with Crippen LogP contribution in [0.2, 0.25) is 0 Å². The Bertz CT molecular complexity index is 458. The highest BCUT2D eigenvalue weighted by atomic mass is 16.2. The summed E-state index contributed by atoms with van der Waals surface area (Å²) in [6.07, 6.45) is 1.25. The van der Waals surface area contributed by atoms with Gasteiger partial charge in [-0.2, -0.15) is 0 Å². The number of likely N-dealkylation sites (N-methyl/N-ethyl adjacent to an activating group) is 1. The van der Waals surface area contributed by atoms with Gasteiger partial charge in [-0.1, -0.05) is 30.3 Å². The number of piperidine rings is 1. The Morgan fingerprint density at radius 1 is 1.37 bits per heavy atom. The summed E-state index contributed by atoms with van der Waals surface area (Å²) in [5, 5.41) is 3.04. The van der Waals surface area contributed by atoms with E-state index < -0.39 is 0 Å². The zero-order chi connectivity index (χ0) is 13.8. The van der Waals surface area contributed by atoms with Crippen LogP contribution in [0.1, 0.15) is 31.2 Å². The number of carbonyl (C=O) groups excluding carboxylic acids is 2. The zero-order valence-electron chi connectivity index (χ0n) is 11.4. The van der Waals surface area contributed by atoms with Crippen molar-refractivity contribution in [3.8, 4) is 0 Å². The minimum Gasteiger partial charge on any atom is -0.351 e. The van der Waals surface area contributed by atoms with Crippen LogP contribution in [-0.2, 0) is 9.59 Å². The normalized spacial score (nSPS) is 21.1. The number of rotatable bonds is 3. The number of hydrogen-bond donors (Lipinski definition) is 1. The zero-order valence-corrected chi connectivity index (χ0v) is 11.4. The first kappa shape index (κ1) is 13.6. The summed E-state index contributed by atoms with van der Waals surface area (Å²) in [4.78, 5) is 25.3. The average molecular weight is 260 g/mol. The van der Waals surface area contributed by atoms with Gasteiger partial charge in [-0.3, -0.25) is 9.59 Å². The topological polar surface area (TPSA) is 49.4 Å². The molecule has 2 atom stereocenters. The fourth-order valence-electron chi connectivity index (χ4n) is 2.35. The maximum Gasteiger partial charge on any atom is 0.227 e. The molecule has 1 N–H and O–H groups in total. The van der Waals surface area contributed by atoms with Crippen LogP contribution >= 0.6 is 0 Å². The van der Waals surface area contributed by atoms with Crippen LogP contribution < -0.4 is 5.32 Å². The molecule has 0 radical (unpaired) electrons. The van der Waals surface area contributed by atoms with Gasteiger partial charge in [0, 0.05) is 26.1 Å². The summed E-state index contributed by atoms with van der Waals surface area (Å²) >= 11 is 0. The van der Waals surface area contributed by atoms with Gasteiger partial charge in [0.25, 0.3) is 0 Å². The van der Waals surface area contributed by atoms with E-state index in [0.29, 0.717) is 13.0 Å². The first-order valence-electron chi connectivity index (χ1n) is 6.67. The number of benzene rings is 1. The van der Waals surface area contributed by atoms with Crippen LogP contribution in [0.4, 0.5) is 0 Å². The minimum atomic E-state index is -0.163. The van der Waals surface area contributed by atoms with Gasteiger partial charge >= 0.3 is 0 Å². The van der Waals surface area contributed by atoms with Gasteiger partial charge in [0.15, 0.2) is 0 Å². The molecule has 1 saturated heterocycles. The van der Waals surface area contributed by atoms with Crippen molar-refractivity contribution in [2.24, 2.45) is 0 Å². The molecule has 2 amide bonds. The van der Waals surface area contributed by atoms with E-state index in [-0.39, 0.29) is 23.8 Å². The van der Waals surface area contributed by atoms with E-state index in [9.17, 15) is 9.59 Å². The molecular formula is C15H20N2O2. The molecule has 0 bridgehead atoms. The van der Waals surface area contributed by atoms with E-state index in [2.05, 4.69) is 5.32 Å². The highest BCUT2D eigenvalue weighted by molar-refractivity contribution is 5.84. The SMILES string of the molecule is C[C@H](C(=O)N[C@@H]1CCC(=O)N(C)C1)c1ccccc1. The van der Waals surface area contributed by atoms with Gasteiger partial charge in [0.05, 0.1) is 5.92 Å². The van der Waals surface area contributed by atoms with Gasteiger partial charge in [0.1, 0.15) is 0 Å². The predicted octanol–water partition coefficient (Wildman–Crippen LogP) is 1.53. The van der Waals surface area contributed by atoms with E-state index >= 15 is 0 Å². The lowest BCUT2D eigenvalue weighted by Gasteiger charge is -2.30. The van der Waals surface area contributed by atoms with Crippen LogP contribution in [0.5, 0.6) is 0 Å². The van der Waals surface area contributed by atoms with Crippen molar-refractivity contribution in [3.63, 3.8) is 0 Å². The molecule has 1 aliphatic heterocycles. The van der Waals surface area contributed by atoms with Crippen molar-refractivity contribution in [2.45, 2.75) is 31.7 Å². The Morgan fingerprint density at radius 2 is 2.05 bits per heavy atom. The quantitative estimate of drug-likeness (QED) is 0.896. The maximum absolute atomic E-state index is 12.2. The molecule has 0 unspecified atom stereocenters. The lowest BCUT2D eigenvalue weighted by atomic mass is 9.99. The van der Waals surface area contributed by atoms with Crippen LogP contribution in [0.3, 0.4) is 0 Å². The third kappa shape index (κ3) is 3.34. The molecule has 0 saturated carbocycles. The lowest BCUT2D eigenvalue weighted by Crippen LogP contribution is -2.49. The van der Waals surface area contributed by atoms with Crippen molar-refractivity contribution in [1.29, 1.82) is 0 Å². The Labute approximate surface area is 113 Å². The van der Waals surface area contributed by atoms with Gasteiger partial charge in [-0.05, 0) is 18.9 Å². The molecule has 1 fully saturated rings. The first-order chi connectivity index (χ1) is 9.08. The lowest BCUT2D eigenvalue weighted by molar-refractivity contribution is -0.134. The number of nitrogens with one attached hydrogen (secondary N) is 1. The predicted molar refractivity (Wildman–Crippen MR) is 73.7 cm³/mol. The van der Waals surface area contributed by atoms with Crippen LogP contribution in [0.15, 0.2) is 30.3 Å². The Kier molecular flexibility index (Phi) is 4.20. The molecule has 4 heteroatoms. The monoisotopic (exact) mass is 260 g/mol. The van der Waals surface area contributed by atoms with E-state index in [1.54, 1.807) is 11.9 Å². The summed E-state index contributed by atoms with van der Waals surface area (Å²) in [6.45, 7) is 2.51. The molecule has 4 nitrogen and oxygen atoms in total. The Hall–Kier alpha value is -1.84. The third-order valence-corrected chi connectivity index (χ3v) is 3.67. The molecule has 0 aromatic heterocycles. The van der Waals surface area contributed by atoms with Crippen molar-refractivity contribution in [2.75, 3.05) is 13.6 Å². The second-order valence-electron chi connectivity index (χ2n) is 5.15. The summed E-state index contributed by atoms with van der Waals surface area (Å²) in [5.74, 6) is 0.0182. The van der Waals surface area contributed by atoms with Gasteiger partial charge in [-0.15, -0.1) is 0 Å². The third-order valence-electron chi connectivity index (χ3n) is 3.67. The molecular weight excluding hydrogens is 240 g/mol. The summed E-state index contributed by atoms with van der Waals surface area (Å²) in [7, 11) is 1.78. The molecule has 1 aromatic rings. The average Bonchev–Trinajstić information content (AvgIpc) is 2.43. The van der Waals surface area contributed by atoms with Gasteiger partial charge < -0.3 is 10.2 Å². The Morgan fingerprint density at radius 3 is 2.68 bits per heavy atom. The van der Waals surface area contributed by atoms with Crippen LogP contribution in [0, 0.1) is 0 Å². The van der Waals surface area contributed by atoms with Crippen LogP contribution in [0.25, 0.3) is 0 Å². The smallest absolute Gasteiger partial charge is 0.227 e. The highest BCUT2D eigenvalue weighted by Crippen LogP contribution is 2.16. The van der Waals surface area contributed by atoms with Crippen LogP contribution in [-0.4, -0.2) is 36.3 Å². The number of hydrogen-bond acceptors (Lipinski definition) is 2. The van der Waals surface area contributed by atoms with Gasteiger partial charge in [-0.25, -0.2) is 0 Å². The Balaban J connectivity index is 1.93. The molecule has 0 aliphatic carbocycles. The van der Waals surface area contributed by atoms with Crippen molar-refractivity contribution in [3.05, 3.63) is 35.9 Å². The van der Waals surface area contributed by atoms with Crippen molar-refractivity contribution >= 4 is 11.8 Å². The maximum atomic E-state index is 12.2. The second-order valence-corrected chi connectivity index (χ2v) is 5.15. The van der Waals surface area contributed by atoms with Crippen molar-refractivity contribution < 1.29 is 9.59 Å². The minimum absolute atomic E-state index is 0.0268. The molecule has 1 aromatic carbocycles. The summed E-state index contributed by atoms with van der Waals surface area (Å²) in [6, 6.07) is 9.80. The van der Waals surface area contributed by atoms with E-state index in [1.807, 2.05) is 37.3 Å². The van der Waals surface area contributed by atoms with E-state index in [4.69, 9.17) is 0 Å². The molecule has 19 heavy (non-hydrogen) atoms. The molecule has 102 valence electrons. The number of likely N-dealkylation sites (tertiary alicyclic amines) is 1. The second kappa shape index (κ2) is 5.87. The van der Waals surface area contributed by atoms with E-state index in [0.717, 1.165) is 12.0 Å².